The fourth-order valence-corrected chi connectivity index (χ4v) is 1.27. The Morgan fingerprint density at radius 1 is 1.23 bits per heavy atom. The molecule has 3 N–H and O–H groups in total. The Bertz CT molecular complexity index is 505. The molecule has 1 aromatic heterocycles. The first-order valence-electron chi connectivity index (χ1n) is 3.72. The quantitative estimate of drug-likeness (QED) is 0.418. The number of hydrogen-bond acceptors (Lipinski definition) is 2. The van der Waals surface area contributed by atoms with E-state index in [1.54, 1.807) is 6.20 Å². The van der Waals surface area contributed by atoms with Crippen LogP contribution in [0.15, 0.2) is 18.3 Å². The second-order valence-electron chi connectivity index (χ2n) is 2.73. The Kier molecular flexibility index (Phi) is 1.43. The highest BCUT2D eigenvalue weighted by Gasteiger charge is 2.05. The maximum absolute atomic E-state index is 9.22. The molecule has 64 valence electrons. The summed E-state index contributed by atoms with van der Waals surface area (Å²) in [7, 11) is 0. The van der Waals surface area contributed by atoms with E-state index in [1.807, 2.05) is 0 Å². The fourth-order valence-electron chi connectivity index (χ4n) is 1.27. The van der Waals surface area contributed by atoms with E-state index in [4.69, 9.17) is 6.42 Å². The van der Waals surface area contributed by atoms with Gasteiger partial charge in [0.25, 0.3) is 0 Å². The van der Waals surface area contributed by atoms with Crippen molar-refractivity contribution in [3.8, 4) is 23.8 Å². The summed E-state index contributed by atoms with van der Waals surface area (Å²) in [6, 6.07) is 2.88. The number of aromatic hydroxyl groups is 2. The molecular formula is C10H7NO2. The van der Waals surface area contributed by atoms with Gasteiger partial charge in [0.15, 0.2) is 11.5 Å². The fraction of sp³-hybridized carbons (Fsp3) is 0. The van der Waals surface area contributed by atoms with Crippen LogP contribution in [0.5, 0.6) is 11.5 Å². The largest absolute Gasteiger partial charge is 0.504 e. The minimum absolute atomic E-state index is 0.155. The molecule has 2 rings (SSSR count). The van der Waals surface area contributed by atoms with Gasteiger partial charge in [-0.2, -0.15) is 0 Å². The van der Waals surface area contributed by atoms with Crippen LogP contribution in [0.1, 0.15) is 5.56 Å². The number of aromatic nitrogens is 1. The van der Waals surface area contributed by atoms with Crippen LogP contribution in [0, 0.1) is 12.3 Å². The third-order valence-corrected chi connectivity index (χ3v) is 1.93. The van der Waals surface area contributed by atoms with Crippen LogP contribution in [0.2, 0.25) is 0 Å². The van der Waals surface area contributed by atoms with Crippen molar-refractivity contribution < 1.29 is 10.2 Å². The lowest BCUT2D eigenvalue weighted by Crippen LogP contribution is -1.72. The number of fused-ring (bicyclic) bond motifs is 1. The highest BCUT2D eigenvalue weighted by atomic mass is 16.3. The maximum Gasteiger partial charge on any atom is 0.159 e. The van der Waals surface area contributed by atoms with Crippen LogP contribution >= 0.6 is 0 Å². The number of H-pyrrole nitrogens is 1. The summed E-state index contributed by atoms with van der Waals surface area (Å²) in [5.41, 5.74) is 1.38. The number of hydrogen-bond donors (Lipinski definition) is 3. The van der Waals surface area contributed by atoms with Gasteiger partial charge >= 0.3 is 0 Å². The zero-order valence-electron chi connectivity index (χ0n) is 6.70. The number of terminal acetylenes is 1. The molecule has 0 bridgehead atoms. The van der Waals surface area contributed by atoms with Crippen molar-refractivity contribution >= 4 is 10.9 Å². The Balaban J connectivity index is 2.86. The van der Waals surface area contributed by atoms with Gasteiger partial charge in [0, 0.05) is 23.2 Å². The summed E-state index contributed by atoms with van der Waals surface area (Å²) >= 11 is 0. The first-order chi connectivity index (χ1) is 6.22. The molecular weight excluding hydrogens is 166 g/mol. The molecule has 0 aliphatic rings. The Morgan fingerprint density at radius 2 is 1.92 bits per heavy atom. The zero-order valence-corrected chi connectivity index (χ0v) is 6.70. The minimum atomic E-state index is -0.163. The van der Waals surface area contributed by atoms with Gasteiger partial charge in [-0.25, -0.2) is 0 Å². The molecule has 0 saturated heterocycles. The Labute approximate surface area is 74.6 Å². The van der Waals surface area contributed by atoms with Gasteiger partial charge in [-0.15, -0.1) is 6.42 Å². The van der Waals surface area contributed by atoms with Crippen molar-refractivity contribution in [3.63, 3.8) is 0 Å². The number of rotatable bonds is 0. The Hall–Kier alpha value is -2.08. The molecule has 1 aromatic carbocycles. The molecule has 0 saturated carbocycles. The van der Waals surface area contributed by atoms with Crippen LogP contribution in [0.4, 0.5) is 0 Å². The molecule has 0 aliphatic carbocycles. The van der Waals surface area contributed by atoms with Crippen molar-refractivity contribution in [2.24, 2.45) is 0 Å². The van der Waals surface area contributed by atoms with Crippen LogP contribution in [0.25, 0.3) is 10.9 Å². The molecule has 1 heterocycles. The third kappa shape index (κ3) is 1.00. The summed E-state index contributed by atoms with van der Waals surface area (Å²) in [4.78, 5) is 2.89. The monoisotopic (exact) mass is 173 g/mol. The standard InChI is InChI=1S/C10H7NO2/c1-2-6-5-11-8-4-10(13)9(12)3-7(6)8/h1,3-5,11-13H. The number of aromatic amines is 1. The van der Waals surface area contributed by atoms with Crippen LogP contribution in [0.3, 0.4) is 0 Å². The van der Waals surface area contributed by atoms with Crippen molar-refractivity contribution in [1.29, 1.82) is 0 Å². The zero-order chi connectivity index (χ0) is 9.42. The predicted molar refractivity (Wildman–Crippen MR) is 49.6 cm³/mol. The average molecular weight is 173 g/mol. The summed E-state index contributed by atoms with van der Waals surface area (Å²) < 4.78 is 0. The van der Waals surface area contributed by atoms with Gasteiger partial charge in [-0.3, -0.25) is 0 Å². The lowest BCUT2D eigenvalue weighted by atomic mass is 10.1. The molecule has 13 heavy (non-hydrogen) atoms. The van der Waals surface area contributed by atoms with E-state index in [-0.39, 0.29) is 11.5 Å². The van der Waals surface area contributed by atoms with Gasteiger partial charge in [0.2, 0.25) is 0 Å². The molecule has 0 radical (unpaired) electrons. The second-order valence-corrected chi connectivity index (χ2v) is 2.73. The highest BCUT2D eigenvalue weighted by Crippen LogP contribution is 2.30. The van der Waals surface area contributed by atoms with E-state index in [2.05, 4.69) is 10.9 Å². The van der Waals surface area contributed by atoms with E-state index in [1.165, 1.54) is 12.1 Å². The van der Waals surface area contributed by atoms with Crippen molar-refractivity contribution in [2.45, 2.75) is 0 Å². The third-order valence-electron chi connectivity index (χ3n) is 1.93. The summed E-state index contributed by atoms with van der Waals surface area (Å²) in [5, 5.41) is 19.1. The molecule has 3 nitrogen and oxygen atoms in total. The molecule has 0 unspecified atom stereocenters. The second kappa shape index (κ2) is 2.46. The molecule has 0 spiro atoms. The SMILES string of the molecule is C#Cc1c[nH]c2cc(O)c(O)cc12. The molecule has 0 amide bonds. The molecule has 2 aromatic rings. The van der Waals surface area contributed by atoms with E-state index < -0.39 is 0 Å². The molecule has 0 fully saturated rings. The number of benzene rings is 1. The van der Waals surface area contributed by atoms with E-state index >= 15 is 0 Å². The minimum Gasteiger partial charge on any atom is -0.504 e. The summed E-state index contributed by atoms with van der Waals surface area (Å²) in [6.07, 6.45) is 6.89. The molecule has 0 aliphatic heterocycles. The molecule has 3 heteroatoms. The van der Waals surface area contributed by atoms with Gasteiger partial charge in [0.05, 0.1) is 5.52 Å². The average Bonchev–Trinajstić information content (AvgIpc) is 2.48. The summed E-state index contributed by atoms with van der Waals surface area (Å²) in [5.74, 6) is 2.15. The van der Waals surface area contributed by atoms with Gasteiger partial charge in [0.1, 0.15) is 0 Å². The number of phenolic OH excluding ortho intramolecular Hbond substituents is 2. The predicted octanol–water partition coefficient (Wildman–Crippen LogP) is 1.56. The summed E-state index contributed by atoms with van der Waals surface area (Å²) in [6.45, 7) is 0. The topological polar surface area (TPSA) is 56.2 Å². The van der Waals surface area contributed by atoms with Gasteiger partial charge in [-0.05, 0) is 6.07 Å². The maximum atomic E-state index is 9.22. The van der Waals surface area contributed by atoms with E-state index in [0.29, 0.717) is 11.1 Å². The van der Waals surface area contributed by atoms with Crippen molar-refractivity contribution in [3.05, 3.63) is 23.9 Å². The van der Waals surface area contributed by atoms with Gasteiger partial charge in [-0.1, -0.05) is 5.92 Å². The number of phenols is 2. The normalized spacial score (nSPS) is 10.1. The first-order valence-corrected chi connectivity index (χ1v) is 3.72. The van der Waals surface area contributed by atoms with E-state index in [9.17, 15) is 10.2 Å². The van der Waals surface area contributed by atoms with Crippen LogP contribution < -0.4 is 0 Å². The smallest absolute Gasteiger partial charge is 0.159 e. The number of nitrogens with one attached hydrogen (secondary N) is 1. The lowest BCUT2D eigenvalue weighted by Gasteiger charge is -1.97. The Morgan fingerprint density at radius 3 is 2.62 bits per heavy atom. The van der Waals surface area contributed by atoms with Crippen molar-refractivity contribution in [1.82, 2.24) is 4.98 Å². The first kappa shape index (κ1) is 7.56. The van der Waals surface area contributed by atoms with Crippen LogP contribution in [-0.4, -0.2) is 15.2 Å². The van der Waals surface area contributed by atoms with E-state index in [0.717, 1.165) is 5.39 Å². The van der Waals surface area contributed by atoms with Crippen molar-refractivity contribution in [2.75, 3.05) is 0 Å². The molecule has 0 atom stereocenters. The highest BCUT2D eigenvalue weighted by molar-refractivity contribution is 5.88. The van der Waals surface area contributed by atoms with Crippen LogP contribution in [-0.2, 0) is 0 Å². The van der Waals surface area contributed by atoms with Gasteiger partial charge < -0.3 is 15.2 Å². The lowest BCUT2D eigenvalue weighted by molar-refractivity contribution is 0.405.